The van der Waals surface area contributed by atoms with Crippen molar-refractivity contribution < 1.29 is 17.6 Å². The van der Waals surface area contributed by atoms with E-state index in [9.17, 15) is 17.6 Å². The number of primary amides is 1. The van der Waals surface area contributed by atoms with Gasteiger partial charge in [-0.2, -0.15) is 0 Å². The van der Waals surface area contributed by atoms with Crippen LogP contribution in [0.5, 0.6) is 0 Å². The molecule has 0 radical (unpaired) electrons. The van der Waals surface area contributed by atoms with E-state index in [4.69, 9.17) is 5.73 Å². The number of fused-ring (bicyclic) bond motifs is 1. The molecule has 0 fully saturated rings. The summed E-state index contributed by atoms with van der Waals surface area (Å²) >= 11 is 0. The summed E-state index contributed by atoms with van der Waals surface area (Å²) in [6.45, 7) is 0. The number of hydrogen-bond acceptors (Lipinski definition) is 3. The molecule has 2 aromatic rings. The van der Waals surface area contributed by atoms with Crippen LogP contribution >= 0.6 is 0 Å². The third-order valence-electron chi connectivity index (χ3n) is 4.95. The molecule has 0 aromatic heterocycles. The van der Waals surface area contributed by atoms with Gasteiger partial charge in [-0.1, -0.05) is 12.1 Å². The van der Waals surface area contributed by atoms with Crippen molar-refractivity contribution in [3.05, 3.63) is 59.4 Å². The molecular weight excluding hydrogens is 353 g/mol. The number of rotatable bonds is 6. The minimum atomic E-state index is -3.74. The van der Waals surface area contributed by atoms with E-state index in [1.165, 1.54) is 18.2 Å². The number of carbonyl (C=O) groups is 1. The van der Waals surface area contributed by atoms with E-state index in [1.807, 2.05) is 6.07 Å². The number of aryl methyl sites for hydroxylation is 1. The largest absolute Gasteiger partial charge is 0.370 e. The van der Waals surface area contributed by atoms with E-state index in [1.54, 1.807) is 12.1 Å². The van der Waals surface area contributed by atoms with Crippen LogP contribution in [0.25, 0.3) is 0 Å². The molecule has 0 bridgehead atoms. The number of sulfone groups is 1. The van der Waals surface area contributed by atoms with Gasteiger partial charge in [0.1, 0.15) is 5.82 Å². The molecule has 1 atom stereocenters. The second-order valence-electron chi connectivity index (χ2n) is 6.77. The first-order valence-electron chi connectivity index (χ1n) is 8.80. The number of nitrogens with two attached hydrogens (primary N) is 1. The maximum Gasteiger partial charge on any atom is 0.217 e. The fourth-order valence-electron chi connectivity index (χ4n) is 3.65. The highest BCUT2D eigenvalue weighted by Gasteiger charge is 2.24. The van der Waals surface area contributed by atoms with Gasteiger partial charge in [-0.25, -0.2) is 12.8 Å². The first-order chi connectivity index (χ1) is 12.4. The van der Waals surface area contributed by atoms with Gasteiger partial charge in [0.2, 0.25) is 15.7 Å². The first-order valence-corrected chi connectivity index (χ1v) is 10.3. The van der Waals surface area contributed by atoms with Crippen molar-refractivity contribution in [1.82, 2.24) is 0 Å². The Labute approximate surface area is 153 Å². The molecule has 26 heavy (non-hydrogen) atoms. The fraction of sp³-hybridized carbons (Fsp3) is 0.350. The Balaban J connectivity index is 1.87. The molecule has 0 saturated heterocycles. The van der Waals surface area contributed by atoms with E-state index in [-0.39, 0.29) is 15.7 Å². The molecule has 6 heteroatoms. The van der Waals surface area contributed by atoms with Crippen molar-refractivity contribution in [2.45, 2.75) is 54.2 Å². The molecule has 3 rings (SSSR count). The minimum Gasteiger partial charge on any atom is -0.370 e. The van der Waals surface area contributed by atoms with Crippen molar-refractivity contribution in [3.63, 3.8) is 0 Å². The highest BCUT2D eigenvalue weighted by atomic mass is 32.2. The SMILES string of the molecule is NC(=O)CCC[C@@H]1CCCc2cc(S(=O)(=O)c3cccc(F)c3)ccc21. The zero-order valence-electron chi connectivity index (χ0n) is 14.4. The van der Waals surface area contributed by atoms with Crippen LogP contribution in [0.15, 0.2) is 52.3 Å². The normalized spacial score (nSPS) is 16.9. The van der Waals surface area contributed by atoms with Crippen molar-refractivity contribution in [3.8, 4) is 0 Å². The predicted molar refractivity (Wildman–Crippen MR) is 97.0 cm³/mol. The molecule has 1 aliphatic carbocycles. The summed E-state index contributed by atoms with van der Waals surface area (Å²) < 4.78 is 39.0. The fourth-order valence-corrected chi connectivity index (χ4v) is 4.99. The summed E-state index contributed by atoms with van der Waals surface area (Å²) in [5, 5.41) is 0. The van der Waals surface area contributed by atoms with E-state index in [0.717, 1.165) is 49.3 Å². The van der Waals surface area contributed by atoms with Crippen molar-refractivity contribution in [2.75, 3.05) is 0 Å². The molecule has 0 unspecified atom stereocenters. The quantitative estimate of drug-likeness (QED) is 0.836. The lowest BCUT2D eigenvalue weighted by atomic mass is 9.80. The smallest absolute Gasteiger partial charge is 0.217 e. The maximum atomic E-state index is 13.4. The number of hydrogen-bond donors (Lipinski definition) is 1. The topological polar surface area (TPSA) is 77.2 Å². The molecule has 0 aliphatic heterocycles. The molecule has 1 amide bonds. The predicted octanol–water partition coefficient (Wildman–Crippen LogP) is 3.73. The van der Waals surface area contributed by atoms with Crippen molar-refractivity contribution >= 4 is 15.7 Å². The Bertz CT molecular complexity index is 924. The monoisotopic (exact) mass is 375 g/mol. The summed E-state index contributed by atoms with van der Waals surface area (Å²) in [7, 11) is -3.74. The van der Waals surface area contributed by atoms with Gasteiger partial charge in [-0.15, -0.1) is 0 Å². The first kappa shape index (κ1) is 18.6. The van der Waals surface area contributed by atoms with Crippen molar-refractivity contribution in [1.29, 1.82) is 0 Å². The lowest BCUT2D eigenvalue weighted by Crippen LogP contribution is -2.14. The summed E-state index contributed by atoms with van der Waals surface area (Å²) in [6.07, 6.45) is 4.82. The van der Waals surface area contributed by atoms with E-state index >= 15 is 0 Å². The zero-order chi connectivity index (χ0) is 18.7. The molecular formula is C20H22FNO3S. The van der Waals surface area contributed by atoms with Gasteiger partial charge in [-0.05, 0) is 79.5 Å². The molecule has 0 spiro atoms. The zero-order valence-corrected chi connectivity index (χ0v) is 15.3. The number of benzene rings is 2. The number of carbonyl (C=O) groups excluding carboxylic acids is 1. The summed E-state index contributed by atoms with van der Waals surface area (Å²) in [5.41, 5.74) is 7.38. The number of amides is 1. The molecule has 2 N–H and O–H groups in total. The highest BCUT2D eigenvalue weighted by molar-refractivity contribution is 7.91. The van der Waals surface area contributed by atoms with Crippen LogP contribution in [-0.4, -0.2) is 14.3 Å². The van der Waals surface area contributed by atoms with E-state index < -0.39 is 15.7 Å². The minimum absolute atomic E-state index is 0.0359. The van der Waals surface area contributed by atoms with Crippen LogP contribution in [-0.2, 0) is 21.1 Å². The molecule has 1 aliphatic rings. The average Bonchev–Trinajstić information content (AvgIpc) is 2.61. The van der Waals surface area contributed by atoms with Crippen LogP contribution < -0.4 is 5.73 Å². The van der Waals surface area contributed by atoms with Gasteiger partial charge in [0.15, 0.2) is 0 Å². The maximum absolute atomic E-state index is 13.4. The average molecular weight is 375 g/mol. The molecule has 0 saturated carbocycles. The van der Waals surface area contributed by atoms with Crippen LogP contribution in [0.1, 0.15) is 49.1 Å². The van der Waals surface area contributed by atoms with Gasteiger partial charge in [-0.3, -0.25) is 4.79 Å². The molecule has 0 heterocycles. The van der Waals surface area contributed by atoms with Crippen LogP contribution in [0.2, 0.25) is 0 Å². The summed E-state index contributed by atoms with van der Waals surface area (Å²) in [4.78, 5) is 11.1. The van der Waals surface area contributed by atoms with Gasteiger partial charge in [0, 0.05) is 6.42 Å². The Morgan fingerprint density at radius 3 is 2.65 bits per heavy atom. The lowest BCUT2D eigenvalue weighted by Gasteiger charge is -2.26. The van der Waals surface area contributed by atoms with Gasteiger partial charge in [0.25, 0.3) is 0 Å². The lowest BCUT2D eigenvalue weighted by molar-refractivity contribution is -0.118. The Kier molecular flexibility index (Phi) is 5.41. The standard InChI is InChI=1S/C20H22FNO3S/c21-16-7-3-8-17(13-16)26(24,25)18-10-11-19-14(5-2-9-20(22)23)4-1-6-15(19)12-18/h3,7-8,10-14H,1-2,4-6,9H2,(H2,22,23)/t14-/m0/s1. The van der Waals surface area contributed by atoms with Crippen LogP contribution in [0.4, 0.5) is 4.39 Å². The Morgan fingerprint density at radius 1 is 1.15 bits per heavy atom. The third-order valence-corrected chi connectivity index (χ3v) is 6.69. The Hall–Kier alpha value is -2.21. The molecule has 2 aromatic carbocycles. The Morgan fingerprint density at radius 2 is 1.92 bits per heavy atom. The third kappa shape index (κ3) is 3.96. The van der Waals surface area contributed by atoms with Crippen LogP contribution in [0, 0.1) is 5.82 Å². The van der Waals surface area contributed by atoms with Gasteiger partial charge < -0.3 is 5.73 Å². The van der Waals surface area contributed by atoms with Gasteiger partial charge in [0.05, 0.1) is 9.79 Å². The second-order valence-corrected chi connectivity index (χ2v) is 8.72. The van der Waals surface area contributed by atoms with Crippen molar-refractivity contribution in [2.24, 2.45) is 5.73 Å². The summed E-state index contributed by atoms with van der Waals surface area (Å²) in [5.74, 6) is -0.542. The second kappa shape index (κ2) is 7.58. The molecule has 138 valence electrons. The van der Waals surface area contributed by atoms with Gasteiger partial charge >= 0.3 is 0 Å². The summed E-state index contributed by atoms with van der Waals surface area (Å²) in [6, 6.07) is 10.3. The highest BCUT2D eigenvalue weighted by Crippen LogP contribution is 2.37. The molecule has 4 nitrogen and oxygen atoms in total. The van der Waals surface area contributed by atoms with E-state index in [0.29, 0.717) is 12.3 Å². The number of halogens is 1. The van der Waals surface area contributed by atoms with Crippen LogP contribution in [0.3, 0.4) is 0 Å². The van der Waals surface area contributed by atoms with E-state index in [2.05, 4.69) is 0 Å².